The number of ketones is 1. The fourth-order valence-electron chi connectivity index (χ4n) is 1.51. The van der Waals surface area contributed by atoms with Gasteiger partial charge in [-0.15, -0.1) is 0 Å². The van der Waals surface area contributed by atoms with Crippen molar-refractivity contribution in [3.05, 3.63) is 23.8 Å². The highest BCUT2D eigenvalue weighted by atomic mass is 32.2. The second kappa shape index (κ2) is 7.22. The van der Waals surface area contributed by atoms with Gasteiger partial charge in [-0.3, -0.25) is 4.79 Å². The average molecular weight is 254 g/mol. The molecule has 0 aliphatic rings. The number of Topliss-reactive ketones (excluding diaryl/α,β-unsaturated/α-hetero) is 1. The summed E-state index contributed by atoms with van der Waals surface area (Å²) in [6.45, 7) is 2.10. The van der Waals surface area contributed by atoms with Crippen LogP contribution in [-0.4, -0.2) is 31.5 Å². The number of methoxy groups -OCH3 is 2. The minimum Gasteiger partial charge on any atom is -0.496 e. The van der Waals surface area contributed by atoms with Gasteiger partial charge in [0.15, 0.2) is 5.78 Å². The average Bonchev–Trinajstić information content (AvgIpc) is 2.37. The van der Waals surface area contributed by atoms with Crippen molar-refractivity contribution >= 4 is 17.5 Å². The first kappa shape index (κ1) is 13.9. The van der Waals surface area contributed by atoms with Crippen molar-refractivity contribution in [2.75, 3.05) is 25.7 Å². The molecular formula is C13H18O3S. The normalized spacial score (nSPS) is 10.1. The lowest BCUT2D eigenvalue weighted by Gasteiger charge is -2.11. The largest absolute Gasteiger partial charge is 0.496 e. The number of hydrogen-bond acceptors (Lipinski definition) is 4. The number of carbonyl (C=O) groups excluding carboxylic acids is 1. The summed E-state index contributed by atoms with van der Waals surface area (Å²) in [4.78, 5) is 12.1. The van der Waals surface area contributed by atoms with Crippen LogP contribution in [0.4, 0.5) is 0 Å². The van der Waals surface area contributed by atoms with Crippen molar-refractivity contribution < 1.29 is 14.3 Å². The molecule has 17 heavy (non-hydrogen) atoms. The smallest absolute Gasteiger partial charge is 0.180 e. The molecule has 0 spiro atoms. The maximum absolute atomic E-state index is 12.1. The van der Waals surface area contributed by atoms with E-state index in [1.54, 1.807) is 38.1 Å². The van der Waals surface area contributed by atoms with Gasteiger partial charge in [0.25, 0.3) is 0 Å². The molecule has 4 heteroatoms. The predicted molar refractivity (Wildman–Crippen MR) is 71.5 cm³/mol. The molecule has 0 aliphatic heterocycles. The molecule has 0 amide bonds. The lowest BCUT2D eigenvalue weighted by molar-refractivity contribution is 0.101. The third kappa shape index (κ3) is 3.66. The summed E-state index contributed by atoms with van der Waals surface area (Å²) in [5, 5.41) is 0. The first-order chi connectivity index (χ1) is 8.24. The standard InChI is InChI=1S/C13H18O3S/c1-4-8-17-9-10(14)13-11(15-2)6-5-7-12(13)16-3/h5-7H,4,8-9H2,1-3H3. The molecule has 0 N–H and O–H groups in total. The van der Waals surface area contributed by atoms with Gasteiger partial charge in [-0.1, -0.05) is 13.0 Å². The van der Waals surface area contributed by atoms with Gasteiger partial charge in [-0.25, -0.2) is 0 Å². The number of ether oxygens (including phenoxy) is 2. The van der Waals surface area contributed by atoms with E-state index < -0.39 is 0 Å². The molecule has 0 aliphatic carbocycles. The highest BCUT2D eigenvalue weighted by molar-refractivity contribution is 7.99. The van der Waals surface area contributed by atoms with Crippen LogP contribution in [0.2, 0.25) is 0 Å². The zero-order chi connectivity index (χ0) is 12.7. The molecule has 1 rings (SSSR count). The van der Waals surface area contributed by atoms with Crippen LogP contribution in [0.5, 0.6) is 11.5 Å². The van der Waals surface area contributed by atoms with E-state index in [0.717, 1.165) is 12.2 Å². The zero-order valence-electron chi connectivity index (χ0n) is 10.5. The topological polar surface area (TPSA) is 35.5 Å². The summed E-state index contributed by atoms with van der Waals surface area (Å²) in [7, 11) is 3.12. The number of benzene rings is 1. The fourth-order valence-corrected chi connectivity index (χ4v) is 2.27. The highest BCUT2D eigenvalue weighted by Crippen LogP contribution is 2.29. The molecule has 0 fully saturated rings. The van der Waals surface area contributed by atoms with E-state index in [4.69, 9.17) is 9.47 Å². The van der Waals surface area contributed by atoms with E-state index in [1.807, 2.05) is 6.07 Å². The SMILES string of the molecule is CCCSCC(=O)c1c(OC)cccc1OC. The quantitative estimate of drug-likeness (QED) is 0.553. The van der Waals surface area contributed by atoms with Crippen LogP contribution in [0, 0.1) is 0 Å². The van der Waals surface area contributed by atoms with Crippen molar-refractivity contribution in [2.45, 2.75) is 13.3 Å². The monoisotopic (exact) mass is 254 g/mol. The van der Waals surface area contributed by atoms with Crippen LogP contribution < -0.4 is 9.47 Å². The third-order valence-electron chi connectivity index (χ3n) is 2.29. The molecule has 0 bridgehead atoms. The van der Waals surface area contributed by atoms with Crippen LogP contribution in [-0.2, 0) is 0 Å². The molecule has 0 aromatic heterocycles. The van der Waals surface area contributed by atoms with Gasteiger partial charge in [-0.05, 0) is 24.3 Å². The molecule has 0 heterocycles. The maximum Gasteiger partial charge on any atom is 0.180 e. The van der Waals surface area contributed by atoms with Gasteiger partial charge in [0.1, 0.15) is 17.1 Å². The second-order valence-corrected chi connectivity index (χ2v) is 4.62. The molecule has 3 nitrogen and oxygen atoms in total. The van der Waals surface area contributed by atoms with Crippen molar-refractivity contribution in [3.8, 4) is 11.5 Å². The van der Waals surface area contributed by atoms with Gasteiger partial charge >= 0.3 is 0 Å². The predicted octanol–water partition coefficient (Wildman–Crippen LogP) is 3.03. The van der Waals surface area contributed by atoms with Crippen molar-refractivity contribution in [1.29, 1.82) is 0 Å². The third-order valence-corrected chi connectivity index (χ3v) is 3.45. The Morgan fingerprint density at radius 1 is 1.24 bits per heavy atom. The Morgan fingerprint density at radius 2 is 1.82 bits per heavy atom. The Bertz CT molecular complexity index is 355. The molecule has 0 radical (unpaired) electrons. The van der Waals surface area contributed by atoms with Gasteiger partial charge < -0.3 is 9.47 Å². The molecular weight excluding hydrogens is 236 g/mol. The second-order valence-electron chi connectivity index (χ2n) is 3.51. The number of rotatable bonds is 7. The van der Waals surface area contributed by atoms with E-state index >= 15 is 0 Å². The molecule has 1 aromatic rings. The van der Waals surface area contributed by atoms with Crippen molar-refractivity contribution in [3.63, 3.8) is 0 Å². The van der Waals surface area contributed by atoms with Gasteiger partial charge in [0.2, 0.25) is 0 Å². The Hall–Kier alpha value is -1.16. The molecule has 94 valence electrons. The number of carbonyl (C=O) groups is 1. The van der Waals surface area contributed by atoms with Crippen LogP contribution in [0.25, 0.3) is 0 Å². The lowest BCUT2D eigenvalue weighted by atomic mass is 10.1. The first-order valence-corrected chi connectivity index (χ1v) is 6.72. The maximum atomic E-state index is 12.1. The Balaban J connectivity index is 2.89. The molecule has 1 aromatic carbocycles. The van der Waals surface area contributed by atoms with E-state index in [2.05, 4.69) is 6.92 Å². The van der Waals surface area contributed by atoms with Crippen LogP contribution in [0.15, 0.2) is 18.2 Å². The Labute approximate surface area is 106 Å². The van der Waals surface area contributed by atoms with Crippen LogP contribution >= 0.6 is 11.8 Å². The first-order valence-electron chi connectivity index (χ1n) is 5.56. The fraction of sp³-hybridized carbons (Fsp3) is 0.462. The lowest BCUT2D eigenvalue weighted by Crippen LogP contribution is -2.07. The van der Waals surface area contributed by atoms with E-state index in [9.17, 15) is 4.79 Å². The summed E-state index contributed by atoms with van der Waals surface area (Å²) < 4.78 is 10.4. The molecule has 0 saturated carbocycles. The Kier molecular flexibility index (Phi) is 5.91. The van der Waals surface area contributed by atoms with E-state index in [0.29, 0.717) is 22.8 Å². The summed E-state index contributed by atoms with van der Waals surface area (Å²) in [6.07, 6.45) is 1.07. The minimum absolute atomic E-state index is 0.0535. The van der Waals surface area contributed by atoms with Crippen LogP contribution in [0.3, 0.4) is 0 Å². The summed E-state index contributed by atoms with van der Waals surface area (Å²) in [5.74, 6) is 2.66. The summed E-state index contributed by atoms with van der Waals surface area (Å²) in [6, 6.07) is 5.37. The molecule has 0 atom stereocenters. The van der Waals surface area contributed by atoms with Crippen LogP contribution in [0.1, 0.15) is 23.7 Å². The number of thioether (sulfide) groups is 1. The van der Waals surface area contributed by atoms with E-state index in [-0.39, 0.29) is 5.78 Å². The van der Waals surface area contributed by atoms with Gasteiger partial charge in [0.05, 0.1) is 20.0 Å². The van der Waals surface area contributed by atoms with Crippen molar-refractivity contribution in [1.82, 2.24) is 0 Å². The van der Waals surface area contributed by atoms with Gasteiger partial charge in [-0.2, -0.15) is 11.8 Å². The highest BCUT2D eigenvalue weighted by Gasteiger charge is 2.17. The minimum atomic E-state index is 0.0535. The summed E-state index contributed by atoms with van der Waals surface area (Å²) in [5.41, 5.74) is 0.543. The number of hydrogen-bond donors (Lipinski definition) is 0. The Morgan fingerprint density at radius 3 is 2.29 bits per heavy atom. The van der Waals surface area contributed by atoms with Gasteiger partial charge in [0, 0.05) is 0 Å². The zero-order valence-corrected chi connectivity index (χ0v) is 11.3. The molecule has 0 saturated heterocycles. The molecule has 0 unspecified atom stereocenters. The van der Waals surface area contributed by atoms with Crippen molar-refractivity contribution in [2.24, 2.45) is 0 Å². The van der Waals surface area contributed by atoms with E-state index in [1.165, 1.54) is 0 Å². The summed E-state index contributed by atoms with van der Waals surface area (Å²) >= 11 is 1.63.